The Hall–Kier alpha value is -2.36. The molecule has 3 rings (SSSR count). The van der Waals surface area contributed by atoms with Crippen molar-refractivity contribution in [1.82, 2.24) is 15.0 Å². The number of aryl methyl sites for hydroxylation is 1. The summed E-state index contributed by atoms with van der Waals surface area (Å²) in [4.78, 5) is 11.9. The number of fused-ring (bicyclic) bond motifs is 1. The molecule has 0 atom stereocenters. The highest BCUT2D eigenvalue weighted by Crippen LogP contribution is 2.27. The average Bonchev–Trinajstić information content (AvgIpc) is 2.83. The van der Waals surface area contributed by atoms with E-state index in [0.717, 1.165) is 22.3 Å². The van der Waals surface area contributed by atoms with Crippen LogP contribution < -0.4 is 4.74 Å². The number of imidazole rings is 1. The van der Waals surface area contributed by atoms with Crippen LogP contribution in [-0.2, 0) is 0 Å². The molecule has 2 aromatic heterocycles. The molecule has 0 saturated heterocycles. The monoisotopic (exact) mass is 267 g/mol. The molecule has 1 aromatic carbocycles. The molecule has 0 fully saturated rings. The van der Waals surface area contributed by atoms with Crippen LogP contribution in [0.3, 0.4) is 0 Å². The number of H-pyrrole nitrogens is 1. The number of aromatic nitrogens is 3. The summed E-state index contributed by atoms with van der Waals surface area (Å²) in [6.07, 6.45) is 1.85. The molecule has 0 aliphatic heterocycles. The second kappa shape index (κ2) is 4.96. The lowest BCUT2D eigenvalue weighted by Crippen LogP contribution is -1.92. The maximum Gasteiger partial charge on any atom is 0.294 e. The first kappa shape index (κ1) is 12.7. The Morgan fingerprint density at radius 2 is 2.05 bits per heavy atom. The van der Waals surface area contributed by atoms with E-state index in [9.17, 15) is 0 Å². The summed E-state index contributed by atoms with van der Waals surface area (Å²) in [6, 6.07) is 8.82. The first-order chi connectivity index (χ1) is 9.69. The summed E-state index contributed by atoms with van der Waals surface area (Å²) in [7, 11) is 0. The molecule has 20 heavy (non-hydrogen) atoms. The summed E-state index contributed by atoms with van der Waals surface area (Å²) in [5, 5.41) is 0. The van der Waals surface area contributed by atoms with Gasteiger partial charge in [-0.2, -0.15) is 4.98 Å². The Morgan fingerprint density at radius 1 is 1.20 bits per heavy atom. The number of aromatic amines is 1. The lowest BCUT2D eigenvalue weighted by molar-refractivity contribution is 0.317. The molecule has 0 radical (unpaired) electrons. The Bertz CT molecular complexity index is 762. The number of rotatable bonds is 3. The van der Waals surface area contributed by atoms with E-state index in [0.29, 0.717) is 12.6 Å². The van der Waals surface area contributed by atoms with Gasteiger partial charge in [-0.1, -0.05) is 6.07 Å². The van der Waals surface area contributed by atoms with E-state index in [2.05, 4.69) is 34.0 Å². The van der Waals surface area contributed by atoms with Crippen molar-refractivity contribution in [2.24, 2.45) is 0 Å². The van der Waals surface area contributed by atoms with Crippen LogP contribution >= 0.6 is 0 Å². The fraction of sp³-hybridized carbons (Fsp3) is 0.250. The quantitative estimate of drug-likeness (QED) is 0.788. The van der Waals surface area contributed by atoms with Crippen molar-refractivity contribution in [3.05, 3.63) is 41.7 Å². The average molecular weight is 267 g/mol. The van der Waals surface area contributed by atoms with Crippen LogP contribution in [0.5, 0.6) is 6.01 Å². The van der Waals surface area contributed by atoms with E-state index in [-0.39, 0.29) is 0 Å². The van der Waals surface area contributed by atoms with E-state index < -0.39 is 0 Å². The largest absolute Gasteiger partial charge is 0.465 e. The molecule has 0 aliphatic rings. The minimum atomic E-state index is 0.572. The van der Waals surface area contributed by atoms with Crippen molar-refractivity contribution in [3.8, 4) is 17.1 Å². The smallest absolute Gasteiger partial charge is 0.294 e. The van der Waals surface area contributed by atoms with Crippen LogP contribution in [0.2, 0.25) is 0 Å². The van der Waals surface area contributed by atoms with E-state index >= 15 is 0 Å². The maximum absolute atomic E-state index is 5.40. The van der Waals surface area contributed by atoms with Gasteiger partial charge in [0.2, 0.25) is 0 Å². The van der Waals surface area contributed by atoms with Gasteiger partial charge in [-0.3, -0.25) is 4.98 Å². The highest BCUT2D eigenvalue weighted by molar-refractivity contribution is 5.83. The topological polar surface area (TPSA) is 50.8 Å². The molecule has 0 unspecified atom stereocenters. The summed E-state index contributed by atoms with van der Waals surface area (Å²) in [6.45, 7) is 6.67. The molecule has 4 heteroatoms. The first-order valence-electron chi connectivity index (χ1n) is 6.74. The first-order valence-corrected chi connectivity index (χ1v) is 6.74. The minimum Gasteiger partial charge on any atom is -0.465 e. The number of pyridine rings is 1. The van der Waals surface area contributed by atoms with Gasteiger partial charge in [-0.25, -0.2) is 0 Å². The molecule has 4 nitrogen and oxygen atoms in total. The van der Waals surface area contributed by atoms with Crippen LogP contribution in [-0.4, -0.2) is 21.6 Å². The maximum atomic E-state index is 5.40. The fourth-order valence-electron chi connectivity index (χ4n) is 2.31. The van der Waals surface area contributed by atoms with Crippen LogP contribution in [0.4, 0.5) is 0 Å². The zero-order valence-electron chi connectivity index (χ0n) is 11.9. The zero-order valence-corrected chi connectivity index (χ0v) is 11.9. The normalized spacial score (nSPS) is 10.9. The van der Waals surface area contributed by atoms with Gasteiger partial charge in [0.15, 0.2) is 0 Å². The number of ether oxygens (including phenoxy) is 1. The lowest BCUT2D eigenvalue weighted by atomic mass is 10.0. The Kier molecular flexibility index (Phi) is 3.14. The molecule has 3 aromatic rings. The highest BCUT2D eigenvalue weighted by atomic mass is 16.5. The van der Waals surface area contributed by atoms with E-state index in [1.165, 1.54) is 11.1 Å². The third-order valence-electron chi connectivity index (χ3n) is 3.51. The molecule has 2 heterocycles. The van der Waals surface area contributed by atoms with Gasteiger partial charge in [0, 0.05) is 11.9 Å². The SMILES string of the molecule is CCOc1nc2cc(-c3ccnc(C)c3C)ccc2[nH]1. The van der Waals surface area contributed by atoms with Gasteiger partial charge >= 0.3 is 0 Å². The van der Waals surface area contributed by atoms with Crippen LogP contribution in [0.25, 0.3) is 22.2 Å². The molecule has 0 amide bonds. The Morgan fingerprint density at radius 3 is 2.85 bits per heavy atom. The van der Waals surface area contributed by atoms with Gasteiger partial charge in [0.05, 0.1) is 17.6 Å². The summed E-state index contributed by atoms with van der Waals surface area (Å²) >= 11 is 0. The molecular weight excluding hydrogens is 250 g/mol. The van der Waals surface area contributed by atoms with E-state index in [4.69, 9.17) is 4.74 Å². The van der Waals surface area contributed by atoms with Crippen molar-refractivity contribution in [2.45, 2.75) is 20.8 Å². The van der Waals surface area contributed by atoms with E-state index in [1.807, 2.05) is 32.2 Å². The predicted octanol–water partition coefficient (Wildman–Crippen LogP) is 3.64. The zero-order chi connectivity index (χ0) is 14.1. The van der Waals surface area contributed by atoms with Gasteiger partial charge in [-0.15, -0.1) is 0 Å². The third-order valence-corrected chi connectivity index (χ3v) is 3.51. The number of benzene rings is 1. The fourth-order valence-corrected chi connectivity index (χ4v) is 2.31. The van der Waals surface area contributed by atoms with E-state index in [1.54, 1.807) is 0 Å². The van der Waals surface area contributed by atoms with Gasteiger partial charge in [0.25, 0.3) is 6.01 Å². The lowest BCUT2D eigenvalue weighted by Gasteiger charge is -2.07. The van der Waals surface area contributed by atoms with Crippen molar-refractivity contribution in [3.63, 3.8) is 0 Å². The molecule has 0 spiro atoms. The molecular formula is C16H17N3O. The van der Waals surface area contributed by atoms with Crippen molar-refractivity contribution < 1.29 is 4.74 Å². The molecule has 0 aliphatic carbocycles. The van der Waals surface area contributed by atoms with Crippen LogP contribution in [0.1, 0.15) is 18.2 Å². The van der Waals surface area contributed by atoms with Crippen molar-refractivity contribution in [2.75, 3.05) is 6.61 Å². The van der Waals surface area contributed by atoms with Crippen molar-refractivity contribution in [1.29, 1.82) is 0 Å². The molecule has 0 saturated carbocycles. The number of nitrogens with zero attached hydrogens (tertiary/aromatic N) is 2. The second-order valence-corrected chi connectivity index (χ2v) is 4.78. The van der Waals surface area contributed by atoms with Crippen molar-refractivity contribution >= 4 is 11.0 Å². The Labute approximate surface area is 117 Å². The van der Waals surface area contributed by atoms with Crippen LogP contribution in [0, 0.1) is 13.8 Å². The predicted molar refractivity (Wildman–Crippen MR) is 80.0 cm³/mol. The summed E-state index contributed by atoms with van der Waals surface area (Å²) in [5.74, 6) is 0. The second-order valence-electron chi connectivity index (χ2n) is 4.78. The molecule has 1 N–H and O–H groups in total. The number of nitrogens with one attached hydrogen (secondary N) is 1. The number of hydrogen-bond acceptors (Lipinski definition) is 3. The third kappa shape index (κ3) is 2.13. The highest BCUT2D eigenvalue weighted by Gasteiger charge is 2.08. The van der Waals surface area contributed by atoms with Gasteiger partial charge in [0.1, 0.15) is 0 Å². The number of hydrogen-bond donors (Lipinski definition) is 1. The molecule has 102 valence electrons. The minimum absolute atomic E-state index is 0.572. The van der Waals surface area contributed by atoms with Gasteiger partial charge in [-0.05, 0) is 55.7 Å². The van der Waals surface area contributed by atoms with Crippen LogP contribution in [0.15, 0.2) is 30.5 Å². The molecule has 0 bridgehead atoms. The Balaban J connectivity index is 2.10. The summed E-state index contributed by atoms with van der Waals surface area (Å²) in [5.41, 5.74) is 6.50. The standard InChI is InChI=1S/C16H17N3O/c1-4-20-16-18-14-6-5-12(9-15(14)19-16)13-7-8-17-11(3)10(13)2/h5-9H,4H2,1-3H3,(H,18,19). The summed E-state index contributed by atoms with van der Waals surface area (Å²) < 4.78 is 5.40. The van der Waals surface area contributed by atoms with Gasteiger partial charge < -0.3 is 9.72 Å².